The molecule has 94 valence electrons. The van der Waals surface area contributed by atoms with E-state index in [1.807, 2.05) is 0 Å². The molecule has 0 radical (unpaired) electrons. The summed E-state index contributed by atoms with van der Waals surface area (Å²) in [5.74, 6) is 0.346. The lowest BCUT2D eigenvalue weighted by molar-refractivity contribution is 0.366. The molecule has 1 atom stereocenters. The molecule has 0 aliphatic carbocycles. The summed E-state index contributed by atoms with van der Waals surface area (Å²) < 4.78 is 13.8. The van der Waals surface area contributed by atoms with Crippen LogP contribution < -0.4 is 10.2 Å². The first kappa shape index (κ1) is 12.7. The Kier molecular flexibility index (Phi) is 3.89. The van der Waals surface area contributed by atoms with E-state index in [-0.39, 0.29) is 5.82 Å². The first-order chi connectivity index (χ1) is 8.08. The third-order valence-electron chi connectivity index (χ3n) is 3.26. The van der Waals surface area contributed by atoms with Crippen LogP contribution in [0.15, 0.2) is 18.2 Å². The van der Waals surface area contributed by atoms with E-state index >= 15 is 0 Å². The maximum Gasteiger partial charge on any atom is 0.146 e. The summed E-state index contributed by atoms with van der Waals surface area (Å²) in [6.07, 6.45) is 0. The highest BCUT2D eigenvalue weighted by Gasteiger charge is 2.23. The van der Waals surface area contributed by atoms with Gasteiger partial charge in [-0.15, -0.1) is 0 Å². The van der Waals surface area contributed by atoms with Gasteiger partial charge in [-0.1, -0.05) is 25.4 Å². The van der Waals surface area contributed by atoms with Gasteiger partial charge < -0.3 is 10.2 Å². The number of benzene rings is 1. The largest absolute Gasteiger partial charge is 0.366 e. The fourth-order valence-corrected chi connectivity index (χ4v) is 2.34. The zero-order valence-corrected chi connectivity index (χ0v) is 11.0. The average Bonchev–Trinajstić information content (AvgIpc) is 2.32. The van der Waals surface area contributed by atoms with Crippen molar-refractivity contribution in [3.8, 4) is 0 Å². The number of halogens is 2. The topological polar surface area (TPSA) is 15.3 Å². The van der Waals surface area contributed by atoms with Crippen LogP contribution in [-0.4, -0.2) is 25.7 Å². The molecule has 0 spiro atoms. The fourth-order valence-electron chi connectivity index (χ4n) is 2.17. The van der Waals surface area contributed by atoms with Crippen LogP contribution in [0.4, 0.5) is 10.1 Å². The van der Waals surface area contributed by atoms with Crippen molar-refractivity contribution in [1.29, 1.82) is 0 Å². The first-order valence-corrected chi connectivity index (χ1v) is 6.39. The second-order valence-corrected chi connectivity index (χ2v) is 5.28. The Morgan fingerprint density at radius 2 is 2.24 bits per heavy atom. The molecule has 1 aromatic rings. The summed E-state index contributed by atoms with van der Waals surface area (Å²) in [5, 5.41) is 4.04. The molecule has 1 unspecified atom stereocenters. The third-order valence-corrected chi connectivity index (χ3v) is 3.49. The standard InChI is InChI=1S/C13H18ClFN2/c1-9(2)12-8-17(6-5-16-12)13-7-10(14)3-4-11(13)15/h3-4,7,9,12,16H,5-6,8H2,1-2H3. The molecule has 1 aromatic carbocycles. The molecule has 1 aliphatic rings. The Hall–Kier alpha value is -0.800. The van der Waals surface area contributed by atoms with Gasteiger partial charge in [-0.25, -0.2) is 4.39 Å². The monoisotopic (exact) mass is 256 g/mol. The number of anilines is 1. The van der Waals surface area contributed by atoms with Crippen LogP contribution in [0.3, 0.4) is 0 Å². The van der Waals surface area contributed by atoms with Crippen LogP contribution in [0, 0.1) is 11.7 Å². The van der Waals surface area contributed by atoms with Crippen molar-refractivity contribution >= 4 is 17.3 Å². The van der Waals surface area contributed by atoms with Crippen LogP contribution in [-0.2, 0) is 0 Å². The zero-order chi connectivity index (χ0) is 12.4. The van der Waals surface area contributed by atoms with Gasteiger partial charge in [0.1, 0.15) is 5.82 Å². The number of piperazine rings is 1. The molecule has 1 heterocycles. The number of nitrogens with one attached hydrogen (secondary N) is 1. The quantitative estimate of drug-likeness (QED) is 0.875. The van der Waals surface area contributed by atoms with Crippen molar-refractivity contribution in [2.45, 2.75) is 19.9 Å². The maximum atomic E-state index is 13.8. The molecule has 0 bridgehead atoms. The molecule has 2 nitrogen and oxygen atoms in total. The maximum absolute atomic E-state index is 13.8. The minimum absolute atomic E-state index is 0.196. The van der Waals surface area contributed by atoms with Crippen LogP contribution in [0.25, 0.3) is 0 Å². The summed E-state index contributed by atoms with van der Waals surface area (Å²) in [7, 11) is 0. The Morgan fingerprint density at radius 1 is 1.47 bits per heavy atom. The van der Waals surface area contributed by atoms with Crippen molar-refractivity contribution in [2.24, 2.45) is 5.92 Å². The third kappa shape index (κ3) is 2.90. The molecule has 1 saturated heterocycles. The van der Waals surface area contributed by atoms with Gasteiger partial charge in [0.15, 0.2) is 0 Å². The smallest absolute Gasteiger partial charge is 0.146 e. The van der Waals surface area contributed by atoms with Gasteiger partial charge >= 0.3 is 0 Å². The summed E-state index contributed by atoms with van der Waals surface area (Å²) in [6, 6.07) is 5.13. The van der Waals surface area contributed by atoms with E-state index in [2.05, 4.69) is 24.1 Å². The molecule has 2 rings (SSSR count). The minimum Gasteiger partial charge on any atom is -0.366 e. The highest BCUT2D eigenvalue weighted by molar-refractivity contribution is 6.30. The molecule has 1 aliphatic heterocycles. The van der Waals surface area contributed by atoms with Gasteiger partial charge in [-0.3, -0.25) is 0 Å². The normalized spacial score (nSPS) is 21.0. The van der Waals surface area contributed by atoms with Crippen molar-refractivity contribution in [2.75, 3.05) is 24.5 Å². The summed E-state index contributed by atoms with van der Waals surface area (Å²) in [5.41, 5.74) is 0.615. The lowest BCUT2D eigenvalue weighted by Crippen LogP contribution is -2.53. The lowest BCUT2D eigenvalue weighted by atomic mass is 10.0. The molecular weight excluding hydrogens is 239 g/mol. The summed E-state index contributed by atoms with van der Waals surface area (Å²) in [4.78, 5) is 2.07. The number of nitrogens with zero attached hydrogens (tertiary/aromatic N) is 1. The summed E-state index contributed by atoms with van der Waals surface area (Å²) in [6.45, 7) is 6.88. The number of hydrogen-bond donors (Lipinski definition) is 1. The summed E-state index contributed by atoms with van der Waals surface area (Å²) >= 11 is 5.93. The molecular formula is C13H18ClFN2. The Morgan fingerprint density at radius 3 is 2.94 bits per heavy atom. The lowest BCUT2D eigenvalue weighted by Gasteiger charge is -2.37. The van der Waals surface area contributed by atoms with E-state index in [4.69, 9.17) is 11.6 Å². The predicted octanol–water partition coefficient (Wildman–Crippen LogP) is 2.91. The van der Waals surface area contributed by atoms with Gasteiger partial charge in [-0.05, 0) is 24.1 Å². The van der Waals surface area contributed by atoms with Crippen LogP contribution in [0.2, 0.25) is 5.02 Å². The Balaban J connectivity index is 2.18. The van der Waals surface area contributed by atoms with E-state index in [0.29, 0.717) is 22.7 Å². The van der Waals surface area contributed by atoms with Crippen molar-refractivity contribution in [1.82, 2.24) is 5.32 Å². The molecule has 0 aromatic heterocycles. The first-order valence-electron chi connectivity index (χ1n) is 6.01. The molecule has 0 saturated carbocycles. The van der Waals surface area contributed by atoms with Crippen LogP contribution in [0.5, 0.6) is 0 Å². The zero-order valence-electron chi connectivity index (χ0n) is 10.2. The van der Waals surface area contributed by atoms with Gasteiger partial charge in [0.2, 0.25) is 0 Å². The van der Waals surface area contributed by atoms with Gasteiger partial charge in [0.05, 0.1) is 5.69 Å². The second-order valence-electron chi connectivity index (χ2n) is 4.85. The van der Waals surface area contributed by atoms with E-state index in [1.165, 1.54) is 6.07 Å². The average molecular weight is 257 g/mol. The van der Waals surface area contributed by atoms with Gasteiger partial charge in [0.25, 0.3) is 0 Å². The highest BCUT2D eigenvalue weighted by Crippen LogP contribution is 2.25. The number of hydrogen-bond acceptors (Lipinski definition) is 2. The molecule has 1 N–H and O–H groups in total. The number of rotatable bonds is 2. The van der Waals surface area contributed by atoms with Gasteiger partial charge in [-0.2, -0.15) is 0 Å². The highest BCUT2D eigenvalue weighted by atomic mass is 35.5. The van der Waals surface area contributed by atoms with Crippen LogP contribution in [0.1, 0.15) is 13.8 Å². The Labute approximate surface area is 107 Å². The fraction of sp³-hybridized carbons (Fsp3) is 0.538. The molecule has 4 heteroatoms. The molecule has 0 amide bonds. The van der Waals surface area contributed by atoms with E-state index < -0.39 is 0 Å². The van der Waals surface area contributed by atoms with Gasteiger partial charge in [0, 0.05) is 30.7 Å². The second kappa shape index (κ2) is 5.23. The van der Waals surface area contributed by atoms with E-state index in [1.54, 1.807) is 12.1 Å². The predicted molar refractivity (Wildman–Crippen MR) is 70.3 cm³/mol. The van der Waals surface area contributed by atoms with E-state index in [0.717, 1.165) is 19.6 Å². The van der Waals surface area contributed by atoms with Crippen molar-refractivity contribution < 1.29 is 4.39 Å². The minimum atomic E-state index is -0.196. The van der Waals surface area contributed by atoms with Crippen molar-refractivity contribution in [3.05, 3.63) is 29.0 Å². The van der Waals surface area contributed by atoms with E-state index in [9.17, 15) is 4.39 Å². The van der Waals surface area contributed by atoms with Crippen LogP contribution >= 0.6 is 11.6 Å². The Bertz CT molecular complexity index is 395. The van der Waals surface area contributed by atoms with Crippen molar-refractivity contribution in [3.63, 3.8) is 0 Å². The molecule has 17 heavy (non-hydrogen) atoms. The SMILES string of the molecule is CC(C)C1CN(c2cc(Cl)ccc2F)CCN1. The molecule has 1 fully saturated rings.